The maximum atomic E-state index is 10.6. The van der Waals surface area contributed by atoms with Gasteiger partial charge in [0.05, 0.1) is 0 Å². The minimum absolute atomic E-state index is 0.370. The lowest BCUT2D eigenvalue weighted by Gasteiger charge is -2.01. The molecule has 0 fully saturated rings. The molecule has 2 aromatic rings. The molecule has 0 aliphatic heterocycles. The van der Waals surface area contributed by atoms with E-state index < -0.39 is 0 Å². The maximum absolute atomic E-state index is 10.6. The van der Waals surface area contributed by atoms with E-state index in [9.17, 15) is 4.79 Å². The van der Waals surface area contributed by atoms with E-state index in [1.54, 1.807) is 23.8 Å². The van der Waals surface area contributed by atoms with Gasteiger partial charge in [-0.1, -0.05) is 0 Å². The van der Waals surface area contributed by atoms with Gasteiger partial charge in [0.15, 0.2) is 12.1 Å². The van der Waals surface area contributed by atoms with Crippen molar-refractivity contribution >= 4 is 29.8 Å². The molecule has 0 amide bonds. The van der Waals surface area contributed by atoms with Crippen molar-refractivity contribution in [3.63, 3.8) is 0 Å². The fourth-order valence-electron chi connectivity index (χ4n) is 1.29. The van der Waals surface area contributed by atoms with Crippen molar-refractivity contribution in [1.82, 2.24) is 14.6 Å². The third-order valence-corrected chi connectivity index (χ3v) is 2.07. The van der Waals surface area contributed by atoms with Crippen LogP contribution >= 0.6 is 12.2 Å². The second-order valence-electron chi connectivity index (χ2n) is 2.77. The van der Waals surface area contributed by atoms with Crippen molar-refractivity contribution in [2.45, 2.75) is 0 Å². The van der Waals surface area contributed by atoms with Crippen molar-refractivity contribution in [2.75, 3.05) is 12.4 Å². The Bertz CT molecular complexity index is 542. The number of hydrogen-bond acceptors (Lipinski definition) is 4. The molecule has 0 saturated carbocycles. The largest absolute Gasteiger partial charge is 0.371 e. The quantitative estimate of drug-likeness (QED) is 0.576. The molecule has 0 atom stereocenters. The zero-order valence-electron chi connectivity index (χ0n) is 7.44. The van der Waals surface area contributed by atoms with Crippen molar-refractivity contribution in [3.05, 3.63) is 22.6 Å². The first kappa shape index (κ1) is 8.89. The van der Waals surface area contributed by atoms with Crippen LogP contribution in [0.2, 0.25) is 0 Å². The van der Waals surface area contributed by atoms with Gasteiger partial charge in [-0.15, -0.1) is 0 Å². The van der Waals surface area contributed by atoms with Gasteiger partial charge >= 0.3 is 0 Å². The standard InChI is InChI=1S/C8H8N4OS/c1-9-7-6-2-5(4-13)3-12(6)11-8(14)10-7/h2-4H,1H3,(H2,9,10,11,14). The SMILES string of the molecule is CNc1nc(=S)[nH]n2cc(C=O)cc12. The van der Waals surface area contributed by atoms with E-state index in [2.05, 4.69) is 15.4 Å². The molecule has 0 spiro atoms. The van der Waals surface area contributed by atoms with Crippen LogP contribution in [0.15, 0.2) is 12.3 Å². The molecule has 2 heterocycles. The summed E-state index contributed by atoms with van der Waals surface area (Å²) >= 11 is 4.92. The summed E-state index contributed by atoms with van der Waals surface area (Å²) < 4.78 is 2.04. The average molecular weight is 208 g/mol. The number of nitrogens with one attached hydrogen (secondary N) is 2. The first-order valence-electron chi connectivity index (χ1n) is 4.00. The number of nitrogens with zero attached hydrogens (tertiary/aromatic N) is 2. The second-order valence-corrected chi connectivity index (χ2v) is 3.16. The van der Waals surface area contributed by atoms with Crippen LogP contribution in [0.1, 0.15) is 10.4 Å². The number of hydrogen-bond donors (Lipinski definition) is 2. The summed E-state index contributed by atoms with van der Waals surface area (Å²) in [5, 5.41) is 5.75. The van der Waals surface area contributed by atoms with Gasteiger partial charge in [-0.3, -0.25) is 14.4 Å². The third-order valence-electron chi connectivity index (χ3n) is 1.89. The van der Waals surface area contributed by atoms with E-state index in [0.29, 0.717) is 16.2 Å². The van der Waals surface area contributed by atoms with E-state index in [0.717, 1.165) is 11.8 Å². The minimum Gasteiger partial charge on any atom is -0.371 e. The number of aldehydes is 1. The summed E-state index contributed by atoms with van der Waals surface area (Å²) in [5.74, 6) is 0.654. The third kappa shape index (κ3) is 1.29. The van der Waals surface area contributed by atoms with E-state index in [4.69, 9.17) is 12.2 Å². The number of aromatic amines is 1. The molecule has 0 saturated heterocycles. The molecule has 0 aromatic carbocycles. The summed E-state index contributed by atoms with van der Waals surface area (Å²) in [7, 11) is 1.75. The zero-order chi connectivity index (χ0) is 10.1. The number of carbonyl (C=O) groups is 1. The van der Waals surface area contributed by atoms with Gasteiger partial charge in [0.1, 0.15) is 5.52 Å². The summed E-state index contributed by atoms with van der Waals surface area (Å²) in [6, 6.07) is 1.73. The molecule has 2 aromatic heterocycles. The molecule has 0 bridgehead atoms. The monoisotopic (exact) mass is 208 g/mol. The van der Waals surface area contributed by atoms with Crippen LogP contribution in [-0.2, 0) is 0 Å². The van der Waals surface area contributed by atoms with Crippen molar-refractivity contribution in [2.24, 2.45) is 0 Å². The first-order chi connectivity index (χ1) is 6.74. The molecule has 6 heteroatoms. The highest BCUT2D eigenvalue weighted by Gasteiger charge is 2.04. The number of H-pyrrole nitrogens is 1. The van der Waals surface area contributed by atoms with Gasteiger partial charge in [0, 0.05) is 18.8 Å². The topological polar surface area (TPSA) is 62.2 Å². The fourth-order valence-corrected chi connectivity index (χ4v) is 1.48. The molecule has 14 heavy (non-hydrogen) atoms. The lowest BCUT2D eigenvalue weighted by Crippen LogP contribution is -1.99. The highest BCUT2D eigenvalue weighted by molar-refractivity contribution is 7.71. The minimum atomic E-state index is 0.370. The molecular formula is C8H8N4OS. The smallest absolute Gasteiger partial charge is 0.214 e. The van der Waals surface area contributed by atoms with Crippen LogP contribution < -0.4 is 5.32 Å². The molecule has 0 unspecified atom stereocenters. The van der Waals surface area contributed by atoms with Gasteiger partial charge in [-0.05, 0) is 18.3 Å². The lowest BCUT2D eigenvalue weighted by molar-refractivity contribution is 0.112. The number of anilines is 1. The molecule has 5 nitrogen and oxygen atoms in total. The van der Waals surface area contributed by atoms with Crippen LogP contribution in [-0.4, -0.2) is 27.9 Å². The molecule has 2 rings (SSSR count). The van der Waals surface area contributed by atoms with Crippen molar-refractivity contribution in [1.29, 1.82) is 0 Å². The van der Waals surface area contributed by atoms with E-state index >= 15 is 0 Å². The molecule has 0 radical (unpaired) electrons. The highest BCUT2D eigenvalue weighted by atomic mass is 32.1. The van der Waals surface area contributed by atoms with E-state index in [1.807, 2.05) is 0 Å². The summed E-state index contributed by atoms with van der Waals surface area (Å²) in [6.45, 7) is 0. The molecular weight excluding hydrogens is 200 g/mol. The van der Waals surface area contributed by atoms with Crippen LogP contribution in [0.4, 0.5) is 5.82 Å². The predicted molar refractivity (Wildman–Crippen MR) is 55.3 cm³/mol. The summed E-state index contributed by atoms with van der Waals surface area (Å²) in [5.41, 5.74) is 1.38. The summed E-state index contributed by atoms with van der Waals surface area (Å²) in [6.07, 6.45) is 2.45. The Morgan fingerprint density at radius 2 is 2.50 bits per heavy atom. The van der Waals surface area contributed by atoms with Crippen LogP contribution in [0.5, 0.6) is 0 Å². The van der Waals surface area contributed by atoms with Gasteiger partial charge in [-0.25, -0.2) is 0 Å². The normalized spacial score (nSPS) is 10.4. The van der Waals surface area contributed by atoms with Gasteiger partial charge in [-0.2, -0.15) is 4.98 Å². The molecule has 72 valence electrons. The zero-order valence-corrected chi connectivity index (χ0v) is 8.26. The molecule has 2 N–H and O–H groups in total. The van der Waals surface area contributed by atoms with E-state index in [-0.39, 0.29) is 0 Å². The maximum Gasteiger partial charge on any atom is 0.214 e. The second kappa shape index (κ2) is 3.22. The van der Waals surface area contributed by atoms with Crippen LogP contribution in [0.25, 0.3) is 5.52 Å². The Hall–Kier alpha value is -1.69. The predicted octanol–water partition coefficient (Wildman–Crippen LogP) is 1.25. The number of aromatic nitrogens is 3. The number of rotatable bonds is 2. The Labute approximate surface area is 84.8 Å². The Balaban J connectivity index is 2.84. The fraction of sp³-hybridized carbons (Fsp3) is 0.125. The first-order valence-corrected chi connectivity index (χ1v) is 4.41. The highest BCUT2D eigenvalue weighted by Crippen LogP contribution is 2.14. The summed E-state index contributed by atoms with van der Waals surface area (Å²) in [4.78, 5) is 14.6. The van der Waals surface area contributed by atoms with Crippen molar-refractivity contribution < 1.29 is 4.79 Å². The molecule has 0 aliphatic rings. The van der Waals surface area contributed by atoms with Gasteiger partial charge in [0.2, 0.25) is 4.77 Å². The lowest BCUT2D eigenvalue weighted by atomic mass is 10.3. The van der Waals surface area contributed by atoms with Gasteiger partial charge in [0.25, 0.3) is 0 Å². The van der Waals surface area contributed by atoms with Crippen LogP contribution in [0.3, 0.4) is 0 Å². The number of fused-ring (bicyclic) bond motifs is 1. The Morgan fingerprint density at radius 3 is 3.14 bits per heavy atom. The number of carbonyl (C=O) groups excluding carboxylic acids is 1. The molecule has 0 aliphatic carbocycles. The Kier molecular flexibility index (Phi) is 2.05. The van der Waals surface area contributed by atoms with Gasteiger partial charge < -0.3 is 5.32 Å². The van der Waals surface area contributed by atoms with Crippen molar-refractivity contribution in [3.8, 4) is 0 Å². The van der Waals surface area contributed by atoms with E-state index in [1.165, 1.54) is 0 Å². The Morgan fingerprint density at radius 1 is 1.71 bits per heavy atom. The average Bonchev–Trinajstić information content (AvgIpc) is 2.59. The van der Waals surface area contributed by atoms with Crippen LogP contribution in [0, 0.1) is 4.77 Å².